The number of halogens is 1. The second-order valence-electron chi connectivity index (χ2n) is 16.8. The zero-order valence-corrected chi connectivity index (χ0v) is 39.8. The Labute approximate surface area is 378 Å². The molecule has 0 aliphatic heterocycles. The van der Waals surface area contributed by atoms with Crippen LogP contribution in [0.25, 0.3) is 83.7 Å². The molecule has 1 radical (unpaired) electrons. The summed E-state index contributed by atoms with van der Waals surface area (Å²) in [6.07, 6.45) is 3.27. The number of imidazole rings is 1. The van der Waals surface area contributed by atoms with Gasteiger partial charge < -0.3 is 8.98 Å². The average Bonchev–Trinajstić information content (AvgIpc) is 3.85. The number of aromatic nitrogens is 4. The molecule has 4 aromatic heterocycles. The molecule has 0 N–H and O–H groups in total. The Morgan fingerprint density at radius 3 is 2.06 bits per heavy atom. The van der Waals surface area contributed by atoms with Crippen LogP contribution in [0.15, 0.2) is 168 Å². The third-order valence-electron chi connectivity index (χ3n) is 10.9. The number of benzene rings is 6. The molecule has 0 aliphatic carbocycles. The molecule has 10 aromatic rings. The fourth-order valence-electron chi connectivity index (χ4n) is 8.00. The van der Waals surface area contributed by atoms with Crippen LogP contribution in [0.3, 0.4) is 0 Å². The fraction of sp³-hybridized carbons (Fsp3) is 0.130. The van der Waals surface area contributed by atoms with E-state index in [0.29, 0.717) is 28.5 Å². The Hall–Kier alpha value is -5.99. The van der Waals surface area contributed by atoms with Crippen molar-refractivity contribution >= 4 is 50.8 Å². The molecular weight excluding hydrogens is 1000 g/mol. The molecular formula is C54H45FGeIrN4O-2. The molecule has 0 saturated heterocycles. The van der Waals surface area contributed by atoms with Gasteiger partial charge in [-0.1, -0.05) is 95.9 Å². The van der Waals surface area contributed by atoms with Crippen LogP contribution in [0, 0.1) is 24.0 Å². The van der Waals surface area contributed by atoms with Gasteiger partial charge in [0.2, 0.25) is 11.7 Å². The summed E-state index contributed by atoms with van der Waals surface area (Å²) in [4.78, 5) is 13.9. The number of rotatable bonds is 8. The monoisotopic (exact) mass is 1050 g/mol. The third-order valence-corrected chi connectivity index (χ3v) is 15.2. The Balaban J connectivity index is 0.000000214. The van der Waals surface area contributed by atoms with Crippen LogP contribution in [-0.2, 0) is 26.5 Å². The van der Waals surface area contributed by atoms with Crippen LogP contribution >= 0.6 is 0 Å². The van der Waals surface area contributed by atoms with Gasteiger partial charge >= 0.3 is 126 Å². The van der Waals surface area contributed by atoms with Crippen LogP contribution in [0.2, 0.25) is 17.3 Å². The van der Waals surface area contributed by atoms with Crippen LogP contribution in [-0.4, -0.2) is 32.8 Å². The van der Waals surface area contributed by atoms with E-state index in [4.69, 9.17) is 14.4 Å². The minimum Gasteiger partial charge on any atom is -0.486 e. The maximum atomic E-state index is 15.1. The van der Waals surface area contributed by atoms with Crippen LogP contribution in [0.4, 0.5) is 4.39 Å². The van der Waals surface area contributed by atoms with Gasteiger partial charge in [-0.05, 0) is 47.0 Å². The SMILES string of the molecule is CC(C)Cc1cc(-c2[c-]cccc2)nc[c]1[Ge]([CH3])([CH3])[CH3].Fc1nc2oc3c(-c4nc5ccccc5n4-c4ccc(-c5ccccc5)cc4)[c-]ccc3c2cc1-c1ccccc1.[Ir]. The van der Waals surface area contributed by atoms with E-state index in [1.807, 2.05) is 103 Å². The van der Waals surface area contributed by atoms with Crippen molar-refractivity contribution in [2.45, 2.75) is 37.5 Å². The largest absolute Gasteiger partial charge is 0.486 e. The van der Waals surface area contributed by atoms with Crippen LogP contribution in [0.1, 0.15) is 19.4 Å². The van der Waals surface area contributed by atoms with Gasteiger partial charge in [-0.3, -0.25) is 4.98 Å². The van der Waals surface area contributed by atoms with E-state index in [9.17, 15) is 0 Å². The van der Waals surface area contributed by atoms with E-state index < -0.39 is 19.2 Å². The minimum absolute atomic E-state index is 0. The van der Waals surface area contributed by atoms with Crippen molar-refractivity contribution in [2.24, 2.45) is 5.92 Å². The van der Waals surface area contributed by atoms with Crippen molar-refractivity contribution in [1.29, 1.82) is 0 Å². The van der Waals surface area contributed by atoms with Gasteiger partial charge in [-0.25, -0.2) is 0 Å². The molecule has 0 spiro atoms. The van der Waals surface area contributed by atoms with Crippen LogP contribution in [0.5, 0.6) is 0 Å². The maximum Gasteiger partial charge on any atom is 0.224 e. The molecule has 0 unspecified atom stereocenters. The van der Waals surface area contributed by atoms with Gasteiger partial charge in [-0.2, -0.15) is 9.37 Å². The maximum absolute atomic E-state index is 15.1. The molecule has 0 fully saturated rings. The molecule has 5 nitrogen and oxygen atoms in total. The van der Waals surface area contributed by atoms with Gasteiger partial charge in [-0.15, -0.1) is 18.2 Å². The summed E-state index contributed by atoms with van der Waals surface area (Å²) in [6.45, 7) is 4.57. The first-order valence-electron chi connectivity index (χ1n) is 20.7. The van der Waals surface area contributed by atoms with Gasteiger partial charge in [0.05, 0.1) is 22.4 Å². The topological polar surface area (TPSA) is 56.7 Å². The van der Waals surface area contributed by atoms with E-state index in [1.54, 1.807) is 4.40 Å². The van der Waals surface area contributed by atoms with Crippen LogP contribution < -0.4 is 4.40 Å². The molecule has 0 saturated carbocycles. The number of fused-ring (bicyclic) bond motifs is 4. The zero-order valence-electron chi connectivity index (χ0n) is 35.3. The first-order chi connectivity index (χ1) is 29.6. The van der Waals surface area contributed by atoms with E-state index >= 15 is 4.39 Å². The Morgan fingerprint density at radius 2 is 1.37 bits per heavy atom. The predicted molar refractivity (Wildman–Crippen MR) is 251 cm³/mol. The van der Waals surface area contributed by atoms with Gasteiger partial charge in [0.1, 0.15) is 0 Å². The first-order valence-corrected chi connectivity index (χ1v) is 28.1. The Morgan fingerprint density at radius 1 is 0.694 bits per heavy atom. The smallest absolute Gasteiger partial charge is 0.224 e. The summed E-state index contributed by atoms with van der Waals surface area (Å²) >= 11 is -1.86. The molecule has 6 aromatic carbocycles. The summed E-state index contributed by atoms with van der Waals surface area (Å²) in [5, 5.41) is 1.57. The fourth-order valence-corrected chi connectivity index (χ4v) is 11.3. The normalized spacial score (nSPS) is 11.5. The number of hydrogen-bond donors (Lipinski definition) is 0. The average molecular weight is 1050 g/mol. The number of furan rings is 1. The molecule has 0 aliphatic rings. The zero-order chi connectivity index (χ0) is 42.1. The number of pyridine rings is 2. The summed E-state index contributed by atoms with van der Waals surface area (Å²) < 4.78 is 25.0. The van der Waals surface area contributed by atoms with Crippen molar-refractivity contribution in [1.82, 2.24) is 19.5 Å². The third kappa shape index (κ3) is 8.71. The Kier molecular flexibility index (Phi) is 12.5. The Bertz CT molecular complexity index is 3120. The second kappa shape index (κ2) is 18.2. The van der Waals surface area contributed by atoms with Gasteiger partial charge in [0, 0.05) is 36.7 Å². The molecule has 10 rings (SSSR count). The number of nitrogens with zero attached hydrogens (tertiary/aromatic N) is 4. The number of para-hydroxylation sites is 2. The summed E-state index contributed by atoms with van der Waals surface area (Å²) in [7, 11) is 0. The van der Waals surface area contributed by atoms with E-state index in [2.05, 4.69) is 114 Å². The summed E-state index contributed by atoms with van der Waals surface area (Å²) in [6, 6.07) is 58.8. The molecule has 8 heteroatoms. The first kappa shape index (κ1) is 42.7. The summed E-state index contributed by atoms with van der Waals surface area (Å²) in [5.74, 6) is 8.11. The molecule has 309 valence electrons. The molecule has 62 heavy (non-hydrogen) atoms. The van der Waals surface area contributed by atoms with Crippen molar-refractivity contribution in [3.05, 3.63) is 188 Å². The van der Waals surface area contributed by atoms with Crippen molar-refractivity contribution in [3.8, 4) is 50.6 Å². The predicted octanol–water partition coefficient (Wildman–Crippen LogP) is 13.6. The standard InChI is InChI=1S/C36H21FN3O.C18H24GeN.Ir/c37-34-29(25-12-5-2-6-13-25)22-30-27-14-9-15-28(33(27)41-36(30)39-34)35-38-31-16-7-8-17-32(31)40(35)26-20-18-24(19-21-26)23-10-3-1-4-11-23;1-14(2)11-16-12-18(15-9-7-6-8-10-15)20-13-17(16)19(3,4)5;/h1-14,16-22H;6-9,12-14H,11H2,1-5H3;/q2*-1;. The molecule has 0 amide bonds. The van der Waals surface area contributed by atoms with E-state index in [1.165, 1.54) is 5.56 Å². The van der Waals surface area contributed by atoms with Gasteiger partial charge in [0.15, 0.2) is 0 Å². The minimum atomic E-state index is -1.86. The molecule has 0 atom stereocenters. The van der Waals surface area contributed by atoms with Crippen molar-refractivity contribution < 1.29 is 28.9 Å². The van der Waals surface area contributed by atoms with E-state index in [-0.39, 0.29) is 25.8 Å². The van der Waals surface area contributed by atoms with Gasteiger partial charge in [0.25, 0.3) is 0 Å². The van der Waals surface area contributed by atoms with E-state index in [0.717, 1.165) is 61.9 Å². The molecule has 4 heterocycles. The quantitative estimate of drug-likeness (QED) is 0.0864. The number of hydrogen-bond acceptors (Lipinski definition) is 4. The summed E-state index contributed by atoms with van der Waals surface area (Å²) in [5.41, 5.74) is 11.4. The molecule has 0 bridgehead atoms. The van der Waals surface area contributed by atoms with Crippen molar-refractivity contribution in [3.63, 3.8) is 0 Å². The second-order valence-corrected chi connectivity index (χ2v) is 27.3. The van der Waals surface area contributed by atoms with Crippen molar-refractivity contribution in [2.75, 3.05) is 0 Å².